The van der Waals surface area contributed by atoms with Gasteiger partial charge in [-0.15, -0.1) is 0 Å². The molecule has 3 rings (SSSR count). The van der Waals surface area contributed by atoms with Gasteiger partial charge in [-0.25, -0.2) is 0 Å². The van der Waals surface area contributed by atoms with Crippen molar-refractivity contribution in [2.45, 2.75) is 38.8 Å². The van der Waals surface area contributed by atoms with E-state index >= 15 is 0 Å². The fraction of sp³-hybridized carbons (Fsp3) is 0.500. The van der Waals surface area contributed by atoms with Crippen LogP contribution in [-0.4, -0.2) is 29.3 Å². The van der Waals surface area contributed by atoms with Gasteiger partial charge < -0.3 is 10.2 Å². The second-order valence-corrected chi connectivity index (χ2v) is 5.88. The van der Waals surface area contributed by atoms with Gasteiger partial charge in [0, 0.05) is 25.6 Å². The van der Waals surface area contributed by atoms with Crippen LogP contribution in [0.3, 0.4) is 0 Å². The van der Waals surface area contributed by atoms with Crippen LogP contribution in [0.4, 0.5) is 0 Å². The molecule has 1 saturated carbocycles. The summed E-state index contributed by atoms with van der Waals surface area (Å²) in [4.78, 5) is 25.8. The van der Waals surface area contributed by atoms with Crippen molar-refractivity contribution in [2.75, 3.05) is 6.54 Å². The summed E-state index contributed by atoms with van der Waals surface area (Å²) in [6.07, 6.45) is 2.57. The number of hydrogen-bond donors (Lipinski definition) is 1. The Balaban J connectivity index is 1.52. The van der Waals surface area contributed by atoms with E-state index < -0.39 is 0 Å². The van der Waals surface area contributed by atoms with Crippen molar-refractivity contribution >= 4 is 11.8 Å². The third kappa shape index (κ3) is 2.84. The molecule has 0 bridgehead atoms. The number of aryl methyl sites for hydroxylation is 1. The average molecular weight is 272 g/mol. The Kier molecular flexibility index (Phi) is 3.47. The Labute approximate surface area is 119 Å². The Morgan fingerprint density at radius 2 is 2.00 bits per heavy atom. The topological polar surface area (TPSA) is 49.4 Å². The lowest BCUT2D eigenvalue weighted by atomic mass is 10.1. The molecule has 1 saturated heterocycles. The molecule has 1 heterocycles. The van der Waals surface area contributed by atoms with Gasteiger partial charge in [-0.05, 0) is 25.3 Å². The van der Waals surface area contributed by atoms with E-state index in [-0.39, 0.29) is 17.7 Å². The zero-order valence-electron chi connectivity index (χ0n) is 11.8. The van der Waals surface area contributed by atoms with E-state index in [4.69, 9.17) is 0 Å². The van der Waals surface area contributed by atoms with Crippen LogP contribution in [0.25, 0.3) is 0 Å². The molecule has 1 aromatic carbocycles. The highest BCUT2D eigenvalue weighted by Gasteiger charge is 2.41. The third-order valence-corrected chi connectivity index (χ3v) is 4.10. The molecule has 4 nitrogen and oxygen atoms in total. The smallest absolute Gasteiger partial charge is 0.225 e. The molecule has 106 valence electrons. The number of amides is 2. The summed E-state index contributed by atoms with van der Waals surface area (Å²) in [5, 5.41) is 2.94. The SMILES string of the molecule is Cc1ccc(CNC(=O)[C@H]2CC(=O)N(C3CC3)C2)cc1. The van der Waals surface area contributed by atoms with Crippen molar-refractivity contribution < 1.29 is 9.59 Å². The standard InChI is InChI=1S/C16H20N2O2/c1-11-2-4-12(5-3-11)9-17-16(20)13-8-15(19)18(10-13)14-6-7-14/h2-5,13-14H,6-10H2,1H3,(H,17,20)/t13-/m0/s1. The Morgan fingerprint density at radius 3 is 2.65 bits per heavy atom. The van der Waals surface area contributed by atoms with Crippen LogP contribution >= 0.6 is 0 Å². The molecule has 4 heteroatoms. The number of likely N-dealkylation sites (tertiary alicyclic amines) is 1. The summed E-state index contributed by atoms with van der Waals surface area (Å²) in [6, 6.07) is 8.53. The van der Waals surface area contributed by atoms with E-state index in [1.165, 1.54) is 5.56 Å². The van der Waals surface area contributed by atoms with Gasteiger partial charge in [0.15, 0.2) is 0 Å². The zero-order valence-corrected chi connectivity index (χ0v) is 11.8. The lowest BCUT2D eigenvalue weighted by Crippen LogP contribution is -2.33. The van der Waals surface area contributed by atoms with Crippen molar-refractivity contribution in [1.29, 1.82) is 0 Å². The van der Waals surface area contributed by atoms with Gasteiger partial charge in [-0.3, -0.25) is 9.59 Å². The minimum Gasteiger partial charge on any atom is -0.352 e. The van der Waals surface area contributed by atoms with E-state index in [1.54, 1.807) is 0 Å². The maximum Gasteiger partial charge on any atom is 0.225 e. The molecule has 1 N–H and O–H groups in total. The molecule has 1 atom stereocenters. The molecule has 1 aromatic rings. The number of hydrogen-bond acceptors (Lipinski definition) is 2. The van der Waals surface area contributed by atoms with Crippen LogP contribution in [0.15, 0.2) is 24.3 Å². The van der Waals surface area contributed by atoms with Gasteiger partial charge in [0.1, 0.15) is 0 Å². The lowest BCUT2D eigenvalue weighted by molar-refractivity contribution is -0.129. The number of benzene rings is 1. The number of nitrogens with zero attached hydrogens (tertiary/aromatic N) is 1. The van der Waals surface area contributed by atoms with Crippen LogP contribution in [-0.2, 0) is 16.1 Å². The summed E-state index contributed by atoms with van der Waals surface area (Å²) in [6.45, 7) is 3.18. The minimum atomic E-state index is -0.173. The fourth-order valence-corrected chi connectivity index (χ4v) is 2.69. The molecule has 2 aliphatic rings. The van der Waals surface area contributed by atoms with E-state index in [0.717, 1.165) is 18.4 Å². The molecule has 1 aliphatic heterocycles. The first-order chi connectivity index (χ1) is 9.63. The highest BCUT2D eigenvalue weighted by Crippen LogP contribution is 2.32. The molecule has 0 aromatic heterocycles. The van der Waals surface area contributed by atoms with E-state index in [1.807, 2.05) is 36.1 Å². The summed E-state index contributed by atoms with van der Waals surface area (Å²) in [5.41, 5.74) is 2.30. The Bertz CT molecular complexity index is 520. The third-order valence-electron chi connectivity index (χ3n) is 4.10. The first kappa shape index (κ1) is 13.2. The first-order valence-corrected chi connectivity index (χ1v) is 7.26. The fourth-order valence-electron chi connectivity index (χ4n) is 2.69. The molecule has 0 unspecified atom stereocenters. The summed E-state index contributed by atoms with van der Waals surface area (Å²) in [7, 11) is 0. The van der Waals surface area contributed by atoms with E-state index in [9.17, 15) is 9.59 Å². The number of rotatable bonds is 4. The Morgan fingerprint density at radius 1 is 1.30 bits per heavy atom. The number of carbonyl (C=O) groups excluding carboxylic acids is 2. The largest absolute Gasteiger partial charge is 0.352 e. The highest BCUT2D eigenvalue weighted by atomic mass is 16.2. The van der Waals surface area contributed by atoms with Gasteiger partial charge in [0.25, 0.3) is 0 Å². The van der Waals surface area contributed by atoms with Crippen LogP contribution in [0.5, 0.6) is 0 Å². The van der Waals surface area contributed by atoms with Gasteiger partial charge >= 0.3 is 0 Å². The van der Waals surface area contributed by atoms with Crippen molar-refractivity contribution in [3.8, 4) is 0 Å². The molecule has 0 spiro atoms. The highest BCUT2D eigenvalue weighted by molar-refractivity contribution is 5.89. The predicted molar refractivity (Wildman–Crippen MR) is 75.9 cm³/mol. The Hall–Kier alpha value is -1.84. The second kappa shape index (κ2) is 5.27. The summed E-state index contributed by atoms with van der Waals surface area (Å²) >= 11 is 0. The number of carbonyl (C=O) groups is 2. The maximum atomic E-state index is 12.1. The van der Waals surface area contributed by atoms with E-state index in [2.05, 4.69) is 5.32 Å². The quantitative estimate of drug-likeness (QED) is 0.905. The number of nitrogens with one attached hydrogen (secondary N) is 1. The maximum absolute atomic E-state index is 12.1. The molecule has 20 heavy (non-hydrogen) atoms. The minimum absolute atomic E-state index is 0.00192. The van der Waals surface area contributed by atoms with Crippen molar-refractivity contribution in [3.63, 3.8) is 0 Å². The average Bonchev–Trinajstić information content (AvgIpc) is 3.21. The molecular weight excluding hydrogens is 252 g/mol. The normalized spacial score (nSPS) is 22.1. The molecule has 2 fully saturated rings. The van der Waals surface area contributed by atoms with Crippen molar-refractivity contribution in [2.24, 2.45) is 5.92 Å². The second-order valence-electron chi connectivity index (χ2n) is 5.88. The zero-order chi connectivity index (χ0) is 14.1. The molecular formula is C16H20N2O2. The van der Waals surface area contributed by atoms with Crippen LogP contribution in [0.2, 0.25) is 0 Å². The summed E-state index contributed by atoms with van der Waals surface area (Å²) < 4.78 is 0. The van der Waals surface area contributed by atoms with Crippen molar-refractivity contribution in [1.82, 2.24) is 10.2 Å². The van der Waals surface area contributed by atoms with Gasteiger partial charge in [-0.2, -0.15) is 0 Å². The molecule has 0 radical (unpaired) electrons. The van der Waals surface area contributed by atoms with Crippen LogP contribution in [0, 0.1) is 12.8 Å². The van der Waals surface area contributed by atoms with Crippen LogP contribution < -0.4 is 5.32 Å². The van der Waals surface area contributed by atoms with Gasteiger partial charge in [0.2, 0.25) is 11.8 Å². The van der Waals surface area contributed by atoms with Gasteiger partial charge in [-0.1, -0.05) is 29.8 Å². The molecule has 2 amide bonds. The van der Waals surface area contributed by atoms with Gasteiger partial charge in [0.05, 0.1) is 5.92 Å². The first-order valence-electron chi connectivity index (χ1n) is 7.26. The predicted octanol–water partition coefficient (Wildman–Crippen LogP) is 1.62. The molecule has 1 aliphatic carbocycles. The van der Waals surface area contributed by atoms with Crippen LogP contribution in [0.1, 0.15) is 30.4 Å². The lowest BCUT2D eigenvalue weighted by Gasteiger charge is -2.15. The summed E-state index contributed by atoms with van der Waals surface area (Å²) in [5.74, 6) is -0.0291. The van der Waals surface area contributed by atoms with Crippen molar-refractivity contribution in [3.05, 3.63) is 35.4 Å². The monoisotopic (exact) mass is 272 g/mol. The van der Waals surface area contributed by atoms with E-state index in [0.29, 0.717) is 25.6 Å².